The number of aromatic nitrogens is 1. The number of carbonyl (C=O) groups is 2. The fourth-order valence-corrected chi connectivity index (χ4v) is 3.33. The van der Waals surface area contributed by atoms with E-state index in [-0.39, 0.29) is 11.7 Å². The Morgan fingerprint density at radius 3 is 2.39 bits per heavy atom. The van der Waals surface area contributed by atoms with Crippen molar-refractivity contribution in [1.29, 1.82) is 0 Å². The lowest BCUT2D eigenvalue weighted by Gasteiger charge is -2.33. The van der Waals surface area contributed by atoms with Crippen molar-refractivity contribution in [2.45, 2.75) is 45.1 Å². The van der Waals surface area contributed by atoms with Gasteiger partial charge >= 0.3 is 12.1 Å². The molecule has 0 bridgehead atoms. The number of benzene rings is 1. The van der Waals surface area contributed by atoms with Crippen LogP contribution < -0.4 is 0 Å². The Kier molecular flexibility index (Phi) is 5.68. The SMILES string of the molecule is CC(C)(C)OC(=O)N1CCC(c2ccc(-c3cccc(C(=O)O)c3)cn2)CC1. The van der Waals surface area contributed by atoms with Crippen molar-refractivity contribution in [2.75, 3.05) is 13.1 Å². The van der Waals surface area contributed by atoms with Crippen molar-refractivity contribution in [3.8, 4) is 11.1 Å². The molecule has 1 amide bonds. The lowest BCUT2D eigenvalue weighted by atomic mass is 9.92. The molecule has 3 rings (SSSR count). The van der Waals surface area contributed by atoms with Gasteiger partial charge in [-0.1, -0.05) is 18.2 Å². The van der Waals surface area contributed by atoms with Crippen LogP contribution in [0.2, 0.25) is 0 Å². The van der Waals surface area contributed by atoms with Crippen LogP contribution in [0.1, 0.15) is 55.6 Å². The van der Waals surface area contributed by atoms with Crippen LogP contribution >= 0.6 is 0 Å². The number of pyridine rings is 1. The number of carbonyl (C=O) groups excluding carboxylic acids is 1. The van der Waals surface area contributed by atoms with Gasteiger partial charge in [-0.3, -0.25) is 4.98 Å². The van der Waals surface area contributed by atoms with E-state index in [1.165, 1.54) is 0 Å². The summed E-state index contributed by atoms with van der Waals surface area (Å²) in [7, 11) is 0. The zero-order valence-electron chi connectivity index (χ0n) is 16.5. The molecule has 1 aliphatic rings. The molecule has 1 aromatic carbocycles. The van der Waals surface area contributed by atoms with Gasteiger partial charge in [0.05, 0.1) is 5.56 Å². The van der Waals surface area contributed by atoms with Crippen molar-refractivity contribution in [2.24, 2.45) is 0 Å². The average molecular weight is 382 g/mol. The fourth-order valence-electron chi connectivity index (χ4n) is 3.33. The molecule has 0 spiro atoms. The van der Waals surface area contributed by atoms with Crippen LogP contribution in [-0.2, 0) is 4.74 Å². The van der Waals surface area contributed by atoms with Crippen molar-refractivity contribution in [3.05, 3.63) is 53.9 Å². The Morgan fingerprint density at radius 1 is 1.11 bits per heavy atom. The molecular formula is C22H26N2O4. The van der Waals surface area contributed by atoms with E-state index in [0.717, 1.165) is 29.7 Å². The van der Waals surface area contributed by atoms with E-state index in [2.05, 4.69) is 4.98 Å². The number of hydrogen-bond acceptors (Lipinski definition) is 4. The number of rotatable bonds is 3. The molecule has 1 aliphatic heterocycles. The van der Waals surface area contributed by atoms with Crippen LogP contribution in [0.25, 0.3) is 11.1 Å². The number of carboxylic acids is 1. The third-order valence-electron chi connectivity index (χ3n) is 4.79. The molecule has 148 valence electrons. The largest absolute Gasteiger partial charge is 0.478 e. The lowest BCUT2D eigenvalue weighted by Crippen LogP contribution is -2.41. The minimum atomic E-state index is -0.942. The first-order valence-corrected chi connectivity index (χ1v) is 9.50. The highest BCUT2D eigenvalue weighted by Gasteiger charge is 2.27. The van der Waals surface area contributed by atoms with Crippen molar-refractivity contribution < 1.29 is 19.4 Å². The molecular weight excluding hydrogens is 356 g/mol. The quantitative estimate of drug-likeness (QED) is 0.842. The van der Waals surface area contributed by atoms with Gasteiger partial charge < -0.3 is 14.7 Å². The molecule has 0 atom stereocenters. The molecule has 6 nitrogen and oxygen atoms in total. The van der Waals surface area contributed by atoms with Gasteiger partial charge in [0, 0.05) is 36.5 Å². The second-order valence-electron chi connectivity index (χ2n) is 8.10. The standard InChI is InChI=1S/C22H26N2O4/c1-22(2,3)28-21(27)24-11-9-15(10-12-24)19-8-7-18(14-23-19)16-5-4-6-17(13-16)20(25)26/h4-8,13-15H,9-12H2,1-3H3,(H,25,26). The molecule has 0 aliphatic carbocycles. The number of piperidine rings is 1. The summed E-state index contributed by atoms with van der Waals surface area (Å²) in [5.74, 6) is -0.638. The van der Waals surface area contributed by atoms with E-state index in [0.29, 0.717) is 19.0 Å². The number of aromatic carboxylic acids is 1. The molecule has 1 saturated heterocycles. The summed E-state index contributed by atoms with van der Waals surface area (Å²) in [6.07, 6.45) is 3.23. The zero-order chi connectivity index (χ0) is 20.3. The molecule has 0 saturated carbocycles. The predicted molar refractivity (Wildman–Crippen MR) is 106 cm³/mol. The monoisotopic (exact) mass is 382 g/mol. The fraction of sp³-hybridized carbons (Fsp3) is 0.409. The van der Waals surface area contributed by atoms with Crippen LogP contribution in [0.4, 0.5) is 4.79 Å². The summed E-state index contributed by atoms with van der Waals surface area (Å²) in [5, 5.41) is 9.14. The Balaban J connectivity index is 1.63. The first kappa shape index (κ1) is 19.9. The molecule has 2 heterocycles. The van der Waals surface area contributed by atoms with E-state index < -0.39 is 11.6 Å². The van der Waals surface area contributed by atoms with E-state index in [4.69, 9.17) is 9.84 Å². The van der Waals surface area contributed by atoms with Gasteiger partial charge in [-0.2, -0.15) is 0 Å². The minimum absolute atomic E-state index is 0.257. The molecule has 2 aromatic rings. The maximum Gasteiger partial charge on any atom is 0.410 e. The van der Waals surface area contributed by atoms with Crippen molar-refractivity contribution >= 4 is 12.1 Å². The summed E-state index contributed by atoms with van der Waals surface area (Å²) in [4.78, 5) is 29.7. The summed E-state index contributed by atoms with van der Waals surface area (Å²) < 4.78 is 5.44. The lowest BCUT2D eigenvalue weighted by molar-refractivity contribution is 0.0204. The summed E-state index contributed by atoms with van der Waals surface area (Å²) in [6.45, 7) is 6.92. The van der Waals surface area contributed by atoms with Crippen molar-refractivity contribution in [1.82, 2.24) is 9.88 Å². The summed E-state index contributed by atoms with van der Waals surface area (Å²) in [6, 6.07) is 10.8. The minimum Gasteiger partial charge on any atom is -0.478 e. The molecule has 1 fully saturated rings. The van der Waals surface area contributed by atoms with Gasteiger partial charge in [0.25, 0.3) is 0 Å². The van der Waals surface area contributed by atoms with E-state index >= 15 is 0 Å². The first-order chi connectivity index (χ1) is 13.2. The smallest absolute Gasteiger partial charge is 0.410 e. The highest BCUT2D eigenvalue weighted by molar-refractivity contribution is 5.89. The Morgan fingerprint density at radius 2 is 1.82 bits per heavy atom. The summed E-state index contributed by atoms with van der Waals surface area (Å²) >= 11 is 0. The number of likely N-dealkylation sites (tertiary alicyclic amines) is 1. The van der Waals surface area contributed by atoms with E-state index in [1.54, 1.807) is 29.3 Å². The number of amides is 1. The van der Waals surface area contributed by atoms with Crippen molar-refractivity contribution in [3.63, 3.8) is 0 Å². The Hall–Kier alpha value is -2.89. The molecule has 1 aromatic heterocycles. The Labute approximate surface area is 165 Å². The molecule has 0 unspecified atom stereocenters. The Bertz CT molecular complexity index is 848. The highest BCUT2D eigenvalue weighted by Crippen LogP contribution is 2.29. The topological polar surface area (TPSA) is 79.7 Å². The van der Waals surface area contributed by atoms with Crippen LogP contribution in [-0.4, -0.2) is 45.7 Å². The van der Waals surface area contributed by atoms with E-state index in [9.17, 15) is 9.59 Å². The summed E-state index contributed by atoms with van der Waals surface area (Å²) in [5.41, 5.74) is 2.50. The van der Waals surface area contributed by atoms with Crippen LogP contribution in [0, 0.1) is 0 Å². The van der Waals surface area contributed by atoms with Gasteiger partial charge in [0.1, 0.15) is 5.60 Å². The van der Waals surface area contributed by atoms with Crippen LogP contribution in [0.3, 0.4) is 0 Å². The van der Waals surface area contributed by atoms with E-state index in [1.807, 2.05) is 39.0 Å². The average Bonchev–Trinajstić information content (AvgIpc) is 2.67. The normalized spacial score (nSPS) is 15.3. The molecule has 28 heavy (non-hydrogen) atoms. The maximum atomic E-state index is 12.2. The molecule has 0 radical (unpaired) electrons. The number of ether oxygens (including phenoxy) is 1. The second kappa shape index (κ2) is 8.00. The third-order valence-corrected chi connectivity index (χ3v) is 4.79. The van der Waals surface area contributed by atoms with Crippen LogP contribution in [0.5, 0.6) is 0 Å². The highest BCUT2D eigenvalue weighted by atomic mass is 16.6. The van der Waals surface area contributed by atoms with Gasteiger partial charge in [-0.15, -0.1) is 0 Å². The van der Waals surface area contributed by atoms with Gasteiger partial charge in [-0.05, 0) is 57.4 Å². The van der Waals surface area contributed by atoms with Gasteiger partial charge in [0.15, 0.2) is 0 Å². The molecule has 6 heteroatoms. The number of carboxylic acid groups (broad SMARTS) is 1. The third kappa shape index (κ3) is 4.88. The zero-order valence-corrected chi connectivity index (χ0v) is 16.5. The first-order valence-electron chi connectivity index (χ1n) is 9.50. The number of nitrogens with zero attached hydrogens (tertiary/aromatic N) is 2. The second-order valence-corrected chi connectivity index (χ2v) is 8.10. The predicted octanol–water partition coefficient (Wildman–Crippen LogP) is 4.56. The molecule has 1 N–H and O–H groups in total. The van der Waals surface area contributed by atoms with Gasteiger partial charge in [-0.25, -0.2) is 9.59 Å². The van der Waals surface area contributed by atoms with Crippen LogP contribution in [0.15, 0.2) is 42.6 Å². The van der Waals surface area contributed by atoms with Gasteiger partial charge in [0.2, 0.25) is 0 Å². The number of hydrogen-bond donors (Lipinski definition) is 1. The maximum absolute atomic E-state index is 12.2.